The Labute approximate surface area is 174 Å². The van der Waals surface area contributed by atoms with Gasteiger partial charge in [-0.05, 0) is 45.2 Å². The topological polar surface area (TPSA) is 57.2 Å². The van der Waals surface area contributed by atoms with Gasteiger partial charge in [0.05, 0.1) is 26.8 Å². The zero-order valence-corrected chi connectivity index (χ0v) is 17.8. The number of nitrogens with one attached hydrogen (secondary N) is 1. The molecule has 8 heteroatoms. The number of anilines is 3. The number of halogens is 1. The summed E-state index contributed by atoms with van der Waals surface area (Å²) in [7, 11) is 2.17. The molecule has 28 heavy (non-hydrogen) atoms. The summed E-state index contributed by atoms with van der Waals surface area (Å²) in [6, 6.07) is 8.41. The van der Waals surface area contributed by atoms with Crippen LogP contribution in [0.4, 0.5) is 17.3 Å². The van der Waals surface area contributed by atoms with E-state index in [9.17, 15) is 0 Å². The Bertz CT molecular complexity index is 963. The molecule has 1 N–H and O–H groups in total. The highest BCUT2D eigenvalue weighted by molar-refractivity contribution is 7.15. The Morgan fingerprint density at radius 1 is 1.04 bits per heavy atom. The predicted octanol–water partition coefficient (Wildman–Crippen LogP) is 4.37. The number of nitrogens with zero attached hydrogens (tertiary/aromatic N) is 5. The third kappa shape index (κ3) is 4.11. The second-order valence-corrected chi connectivity index (χ2v) is 8.61. The maximum absolute atomic E-state index is 6.35. The minimum atomic E-state index is 0.525. The Hall–Kier alpha value is -2.22. The van der Waals surface area contributed by atoms with E-state index in [1.807, 2.05) is 13.8 Å². The molecule has 0 spiro atoms. The summed E-state index contributed by atoms with van der Waals surface area (Å²) >= 11 is 7.94. The fourth-order valence-corrected chi connectivity index (χ4v) is 4.45. The van der Waals surface area contributed by atoms with Crippen LogP contribution in [0, 0.1) is 13.8 Å². The highest BCUT2D eigenvalue weighted by atomic mass is 35.5. The molecule has 0 aliphatic carbocycles. The van der Waals surface area contributed by atoms with E-state index in [4.69, 9.17) is 11.6 Å². The normalized spacial score (nSPS) is 15.1. The lowest BCUT2D eigenvalue weighted by atomic mass is 10.2. The van der Waals surface area contributed by atoms with Crippen molar-refractivity contribution in [2.75, 3.05) is 43.4 Å². The van der Waals surface area contributed by atoms with Crippen LogP contribution in [0.1, 0.15) is 10.7 Å². The number of likely N-dealkylation sites (N-methyl/N-ethyl adjacent to an activating group) is 1. The second kappa shape index (κ2) is 8.03. The van der Waals surface area contributed by atoms with Crippen molar-refractivity contribution in [3.8, 4) is 10.6 Å². The van der Waals surface area contributed by atoms with Gasteiger partial charge in [0.1, 0.15) is 5.69 Å². The summed E-state index contributed by atoms with van der Waals surface area (Å²) in [5.74, 6) is 0.525. The van der Waals surface area contributed by atoms with E-state index in [-0.39, 0.29) is 0 Å². The van der Waals surface area contributed by atoms with Gasteiger partial charge in [0.15, 0.2) is 0 Å². The molecule has 0 radical (unpaired) electrons. The minimum absolute atomic E-state index is 0.525. The molecule has 2 aromatic heterocycles. The molecule has 0 saturated carbocycles. The second-order valence-electron chi connectivity index (χ2n) is 7.00. The van der Waals surface area contributed by atoms with Crippen LogP contribution in [0.15, 0.2) is 30.5 Å². The Kier molecular flexibility index (Phi) is 5.48. The van der Waals surface area contributed by atoms with Gasteiger partial charge in [0, 0.05) is 37.6 Å². The van der Waals surface area contributed by atoms with Gasteiger partial charge >= 0.3 is 0 Å². The zero-order valence-electron chi connectivity index (χ0n) is 16.2. The van der Waals surface area contributed by atoms with Crippen LogP contribution >= 0.6 is 22.9 Å². The van der Waals surface area contributed by atoms with Crippen molar-refractivity contribution in [1.82, 2.24) is 19.9 Å². The molecule has 0 amide bonds. The molecule has 146 valence electrons. The van der Waals surface area contributed by atoms with E-state index in [1.54, 1.807) is 17.5 Å². The summed E-state index contributed by atoms with van der Waals surface area (Å²) in [5.41, 5.74) is 3.84. The lowest BCUT2D eigenvalue weighted by Gasteiger charge is -2.34. The van der Waals surface area contributed by atoms with Gasteiger partial charge in [-0.3, -0.25) is 0 Å². The average molecular weight is 415 g/mol. The van der Waals surface area contributed by atoms with Crippen molar-refractivity contribution in [3.63, 3.8) is 0 Å². The first-order valence-corrected chi connectivity index (χ1v) is 10.5. The zero-order chi connectivity index (χ0) is 19.7. The van der Waals surface area contributed by atoms with Crippen LogP contribution in [-0.2, 0) is 0 Å². The van der Waals surface area contributed by atoms with Gasteiger partial charge in [-0.1, -0.05) is 11.6 Å². The summed E-state index contributed by atoms with van der Waals surface area (Å²) in [6.45, 7) is 8.26. The summed E-state index contributed by atoms with van der Waals surface area (Å²) in [6.07, 6.45) is 1.64. The number of aromatic nitrogens is 3. The maximum Gasteiger partial charge on any atom is 0.227 e. The minimum Gasteiger partial charge on any atom is -0.369 e. The van der Waals surface area contributed by atoms with E-state index < -0.39 is 0 Å². The quantitative estimate of drug-likeness (QED) is 0.684. The monoisotopic (exact) mass is 414 g/mol. The molecule has 0 bridgehead atoms. The molecule has 1 aliphatic heterocycles. The molecule has 6 nitrogen and oxygen atoms in total. The van der Waals surface area contributed by atoms with Gasteiger partial charge < -0.3 is 15.1 Å². The molecule has 3 heterocycles. The standard InChI is InChI=1S/C20H23ClN6S/c1-13-19(28-14(2)23-13)18-17(21)12-22-20(25-18)24-15-4-6-16(7-5-15)27-10-8-26(3)9-11-27/h4-7,12H,8-11H2,1-3H3,(H,22,24,25). The largest absolute Gasteiger partial charge is 0.369 e. The third-order valence-electron chi connectivity index (χ3n) is 4.85. The van der Waals surface area contributed by atoms with E-state index in [0.29, 0.717) is 11.0 Å². The van der Waals surface area contributed by atoms with Crippen molar-refractivity contribution >= 4 is 40.3 Å². The van der Waals surface area contributed by atoms with Crippen LogP contribution in [-0.4, -0.2) is 53.1 Å². The Morgan fingerprint density at radius 3 is 2.39 bits per heavy atom. The van der Waals surface area contributed by atoms with Gasteiger partial charge in [-0.15, -0.1) is 11.3 Å². The van der Waals surface area contributed by atoms with E-state index >= 15 is 0 Å². The maximum atomic E-state index is 6.35. The molecule has 1 saturated heterocycles. The molecular formula is C20H23ClN6S. The molecular weight excluding hydrogens is 392 g/mol. The SMILES string of the molecule is Cc1nc(C)c(-c2nc(Nc3ccc(N4CCN(C)CC4)cc3)ncc2Cl)s1. The molecule has 1 aliphatic rings. The van der Waals surface area contributed by atoms with E-state index in [2.05, 4.69) is 61.4 Å². The summed E-state index contributed by atoms with van der Waals surface area (Å²) in [4.78, 5) is 19.2. The van der Waals surface area contributed by atoms with Gasteiger partial charge in [-0.2, -0.15) is 0 Å². The molecule has 0 atom stereocenters. The summed E-state index contributed by atoms with van der Waals surface area (Å²) < 4.78 is 0. The van der Waals surface area contributed by atoms with Crippen molar-refractivity contribution in [2.45, 2.75) is 13.8 Å². The van der Waals surface area contributed by atoms with Crippen LogP contribution < -0.4 is 10.2 Å². The Morgan fingerprint density at radius 2 is 1.75 bits per heavy atom. The van der Waals surface area contributed by atoms with Crippen LogP contribution in [0.3, 0.4) is 0 Å². The lowest BCUT2D eigenvalue weighted by Crippen LogP contribution is -2.44. The predicted molar refractivity (Wildman–Crippen MR) is 117 cm³/mol. The smallest absolute Gasteiger partial charge is 0.227 e. The van der Waals surface area contributed by atoms with E-state index in [1.165, 1.54) is 5.69 Å². The Balaban J connectivity index is 1.51. The molecule has 4 rings (SSSR count). The molecule has 3 aromatic rings. The highest BCUT2D eigenvalue weighted by Crippen LogP contribution is 2.33. The number of hydrogen-bond donors (Lipinski definition) is 1. The molecule has 1 aromatic carbocycles. The number of aryl methyl sites for hydroxylation is 2. The highest BCUT2D eigenvalue weighted by Gasteiger charge is 2.16. The first-order valence-electron chi connectivity index (χ1n) is 9.27. The van der Waals surface area contributed by atoms with Crippen molar-refractivity contribution in [1.29, 1.82) is 0 Å². The first kappa shape index (κ1) is 19.1. The number of rotatable bonds is 4. The summed E-state index contributed by atoms with van der Waals surface area (Å²) in [5, 5.41) is 4.81. The lowest BCUT2D eigenvalue weighted by molar-refractivity contribution is 0.313. The number of piperazine rings is 1. The van der Waals surface area contributed by atoms with Crippen molar-refractivity contribution in [2.24, 2.45) is 0 Å². The van der Waals surface area contributed by atoms with Crippen molar-refractivity contribution in [3.05, 3.63) is 46.2 Å². The van der Waals surface area contributed by atoms with Crippen LogP contribution in [0.25, 0.3) is 10.6 Å². The fourth-order valence-electron chi connectivity index (χ4n) is 3.29. The van der Waals surface area contributed by atoms with Crippen molar-refractivity contribution < 1.29 is 0 Å². The van der Waals surface area contributed by atoms with Crippen LogP contribution in [0.5, 0.6) is 0 Å². The van der Waals surface area contributed by atoms with Gasteiger partial charge in [0.2, 0.25) is 5.95 Å². The number of hydrogen-bond acceptors (Lipinski definition) is 7. The van der Waals surface area contributed by atoms with Gasteiger partial charge in [0.25, 0.3) is 0 Å². The molecule has 1 fully saturated rings. The number of benzene rings is 1. The van der Waals surface area contributed by atoms with E-state index in [0.717, 1.165) is 53.1 Å². The molecule has 0 unspecified atom stereocenters. The number of thiazole rings is 1. The van der Waals surface area contributed by atoms with Crippen LogP contribution in [0.2, 0.25) is 5.02 Å². The third-order valence-corrected chi connectivity index (χ3v) is 6.21. The first-order chi connectivity index (χ1) is 13.5. The van der Waals surface area contributed by atoms with Gasteiger partial charge in [-0.25, -0.2) is 15.0 Å². The fraction of sp³-hybridized carbons (Fsp3) is 0.350. The average Bonchev–Trinajstić information content (AvgIpc) is 3.02.